The van der Waals surface area contributed by atoms with Crippen molar-refractivity contribution in [1.82, 2.24) is 8.87 Å². The van der Waals surface area contributed by atoms with Gasteiger partial charge in [0.1, 0.15) is 5.54 Å². The van der Waals surface area contributed by atoms with Crippen LogP contribution in [0.1, 0.15) is 12.8 Å². The number of nitrogens with zero attached hydrogens (tertiary/aromatic N) is 3. The molecule has 1 fully saturated rings. The standard InChI is InChI=1S/C20H21N3O3S/c1-27(25,26)23(20(14-21)10-11-20)13-15(24)12-22-18-8-4-2-6-16(18)17-7-3-5-9-19(17)22/h2-9,15,24H,10-13H2,1H3. The highest BCUT2D eigenvalue weighted by molar-refractivity contribution is 7.88. The highest BCUT2D eigenvalue weighted by atomic mass is 32.2. The molecule has 3 aromatic rings. The molecule has 1 aliphatic carbocycles. The monoisotopic (exact) mass is 383 g/mol. The van der Waals surface area contributed by atoms with Gasteiger partial charge >= 0.3 is 0 Å². The molecule has 1 atom stereocenters. The third-order valence-corrected chi connectivity index (χ3v) is 6.56. The fraction of sp³-hybridized carbons (Fsp3) is 0.350. The van der Waals surface area contributed by atoms with E-state index < -0.39 is 21.7 Å². The Kier molecular flexibility index (Phi) is 4.22. The fourth-order valence-corrected chi connectivity index (χ4v) is 5.12. The largest absolute Gasteiger partial charge is 0.390 e. The molecule has 0 saturated heterocycles. The number of para-hydroxylation sites is 2. The molecule has 1 heterocycles. The van der Waals surface area contributed by atoms with Crippen LogP contribution in [0.2, 0.25) is 0 Å². The van der Waals surface area contributed by atoms with Gasteiger partial charge in [-0.15, -0.1) is 0 Å². The van der Waals surface area contributed by atoms with E-state index in [-0.39, 0.29) is 13.1 Å². The van der Waals surface area contributed by atoms with Gasteiger partial charge in [-0.25, -0.2) is 8.42 Å². The molecule has 0 amide bonds. The van der Waals surface area contributed by atoms with E-state index >= 15 is 0 Å². The van der Waals surface area contributed by atoms with Crippen LogP contribution in [-0.2, 0) is 16.6 Å². The lowest BCUT2D eigenvalue weighted by molar-refractivity contribution is 0.121. The molecule has 1 aromatic heterocycles. The van der Waals surface area contributed by atoms with Crippen LogP contribution in [0.25, 0.3) is 21.8 Å². The third-order valence-electron chi connectivity index (χ3n) is 5.26. The Balaban J connectivity index is 1.69. The number of β-amino-alcohol motifs (C(OH)–C–C–N with tert-alkyl or cyclic N) is 1. The van der Waals surface area contributed by atoms with Crippen molar-refractivity contribution in [2.75, 3.05) is 12.8 Å². The van der Waals surface area contributed by atoms with Crippen LogP contribution in [0.5, 0.6) is 0 Å². The average molecular weight is 383 g/mol. The van der Waals surface area contributed by atoms with Crippen molar-refractivity contribution in [3.8, 4) is 6.07 Å². The first-order valence-corrected chi connectivity index (χ1v) is 10.7. The maximum atomic E-state index is 12.2. The Bertz CT molecular complexity index is 1100. The molecule has 1 N–H and O–H groups in total. The van der Waals surface area contributed by atoms with Crippen LogP contribution in [0.3, 0.4) is 0 Å². The predicted molar refractivity (Wildman–Crippen MR) is 105 cm³/mol. The number of nitriles is 1. The molecule has 6 nitrogen and oxygen atoms in total. The molecular weight excluding hydrogens is 362 g/mol. The Labute approximate surface area is 158 Å². The molecule has 140 valence electrons. The smallest absolute Gasteiger partial charge is 0.212 e. The molecule has 0 bridgehead atoms. The second-order valence-corrected chi connectivity index (χ2v) is 9.14. The number of aliphatic hydroxyl groups excluding tert-OH is 1. The SMILES string of the molecule is CS(=O)(=O)N(CC(O)Cn1c2ccccc2c2ccccc21)C1(C#N)CC1. The maximum absolute atomic E-state index is 12.2. The molecule has 7 heteroatoms. The number of benzene rings is 2. The number of fused-ring (bicyclic) bond motifs is 3. The van der Waals surface area contributed by atoms with Crippen molar-refractivity contribution in [2.45, 2.75) is 31.0 Å². The summed E-state index contributed by atoms with van der Waals surface area (Å²) in [5.74, 6) is 0. The Morgan fingerprint density at radius 2 is 1.67 bits per heavy atom. The van der Waals surface area contributed by atoms with Gasteiger partial charge in [-0.2, -0.15) is 9.57 Å². The second kappa shape index (κ2) is 6.34. The van der Waals surface area contributed by atoms with Crippen molar-refractivity contribution in [3.63, 3.8) is 0 Å². The summed E-state index contributed by atoms with van der Waals surface area (Å²) in [5.41, 5.74) is 0.991. The van der Waals surface area contributed by atoms with Gasteiger partial charge in [0.15, 0.2) is 0 Å². The highest BCUT2D eigenvalue weighted by Crippen LogP contribution is 2.42. The minimum absolute atomic E-state index is 0.0901. The van der Waals surface area contributed by atoms with Gasteiger partial charge in [-0.3, -0.25) is 0 Å². The van der Waals surface area contributed by atoms with Crippen LogP contribution in [0, 0.1) is 11.3 Å². The Morgan fingerprint density at radius 1 is 1.15 bits per heavy atom. The third kappa shape index (κ3) is 3.10. The number of hydrogen-bond donors (Lipinski definition) is 1. The zero-order valence-corrected chi connectivity index (χ0v) is 15.9. The Hall–Kier alpha value is -2.40. The number of sulfonamides is 1. The molecule has 1 aliphatic rings. The van der Waals surface area contributed by atoms with Gasteiger partial charge in [0, 0.05) is 28.4 Å². The van der Waals surface area contributed by atoms with Crippen molar-refractivity contribution in [2.24, 2.45) is 0 Å². The quantitative estimate of drug-likeness (QED) is 0.708. The van der Waals surface area contributed by atoms with Gasteiger partial charge in [0.05, 0.1) is 25.0 Å². The molecule has 1 saturated carbocycles. The first kappa shape index (κ1) is 18.0. The van der Waals surface area contributed by atoms with Crippen LogP contribution in [-0.4, -0.2) is 46.8 Å². The molecule has 0 radical (unpaired) electrons. The summed E-state index contributed by atoms with van der Waals surface area (Å²) in [6.07, 6.45) is 1.19. The van der Waals surface area contributed by atoms with E-state index in [0.29, 0.717) is 12.8 Å². The summed E-state index contributed by atoms with van der Waals surface area (Å²) in [5, 5.41) is 22.3. The van der Waals surface area contributed by atoms with E-state index in [0.717, 1.165) is 28.1 Å². The Morgan fingerprint density at radius 3 is 2.11 bits per heavy atom. The lowest BCUT2D eigenvalue weighted by atomic mass is 10.2. The van der Waals surface area contributed by atoms with E-state index in [9.17, 15) is 18.8 Å². The molecule has 0 aliphatic heterocycles. The first-order valence-electron chi connectivity index (χ1n) is 8.89. The lowest BCUT2D eigenvalue weighted by Crippen LogP contribution is -2.46. The van der Waals surface area contributed by atoms with Crippen LogP contribution in [0.15, 0.2) is 48.5 Å². The van der Waals surface area contributed by atoms with Crippen molar-refractivity contribution >= 4 is 31.8 Å². The number of aromatic nitrogens is 1. The summed E-state index contributed by atoms with van der Waals surface area (Å²) in [4.78, 5) is 0. The van der Waals surface area contributed by atoms with Gasteiger partial charge in [-0.05, 0) is 25.0 Å². The number of aliphatic hydroxyl groups is 1. The number of rotatable bonds is 6. The zero-order chi connectivity index (χ0) is 19.2. The second-order valence-electron chi connectivity index (χ2n) is 7.24. The van der Waals surface area contributed by atoms with Crippen molar-refractivity contribution in [1.29, 1.82) is 5.26 Å². The average Bonchev–Trinajstić information content (AvgIpc) is 3.38. The van der Waals surface area contributed by atoms with Gasteiger partial charge in [0.25, 0.3) is 0 Å². The van der Waals surface area contributed by atoms with Gasteiger partial charge in [-0.1, -0.05) is 36.4 Å². The van der Waals surface area contributed by atoms with E-state index in [1.54, 1.807) is 0 Å². The lowest BCUT2D eigenvalue weighted by Gasteiger charge is -2.27. The summed E-state index contributed by atoms with van der Waals surface area (Å²) < 4.78 is 27.6. The first-order chi connectivity index (χ1) is 12.9. The van der Waals surface area contributed by atoms with Gasteiger partial charge in [0.2, 0.25) is 10.0 Å². The molecule has 0 spiro atoms. The predicted octanol–water partition coefficient (Wildman–Crippen LogP) is 2.47. The van der Waals surface area contributed by atoms with E-state index in [2.05, 4.69) is 6.07 Å². The van der Waals surface area contributed by atoms with Crippen LogP contribution in [0.4, 0.5) is 0 Å². The van der Waals surface area contributed by atoms with Crippen molar-refractivity contribution in [3.05, 3.63) is 48.5 Å². The molecule has 2 aromatic carbocycles. The summed E-state index contributed by atoms with van der Waals surface area (Å²) in [6.45, 7) is 0.161. The fourth-order valence-electron chi connectivity index (χ4n) is 3.82. The van der Waals surface area contributed by atoms with E-state index in [1.165, 1.54) is 4.31 Å². The topological polar surface area (TPSA) is 86.3 Å². The minimum atomic E-state index is -3.59. The van der Waals surface area contributed by atoms with Crippen LogP contribution < -0.4 is 0 Å². The van der Waals surface area contributed by atoms with E-state index in [4.69, 9.17) is 0 Å². The summed E-state index contributed by atoms with van der Waals surface area (Å²) in [7, 11) is -3.59. The van der Waals surface area contributed by atoms with E-state index in [1.807, 2.05) is 53.1 Å². The summed E-state index contributed by atoms with van der Waals surface area (Å²) >= 11 is 0. The maximum Gasteiger partial charge on any atom is 0.212 e. The van der Waals surface area contributed by atoms with Crippen LogP contribution >= 0.6 is 0 Å². The minimum Gasteiger partial charge on any atom is -0.390 e. The van der Waals surface area contributed by atoms with Crippen molar-refractivity contribution < 1.29 is 13.5 Å². The van der Waals surface area contributed by atoms with Gasteiger partial charge < -0.3 is 9.67 Å². The highest BCUT2D eigenvalue weighted by Gasteiger charge is 2.53. The molecular formula is C20H21N3O3S. The normalized spacial score (nSPS) is 17.3. The zero-order valence-electron chi connectivity index (χ0n) is 15.0. The molecule has 27 heavy (non-hydrogen) atoms. The number of hydrogen-bond acceptors (Lipinski definition) is 4. The molecule has 1 unspecified atom stereocenters. The summed E-state index contributed by atoms with van der Waals surface area (Å²) in [6, 6.07) is 18.0. The molecule has 4 rings (SSSR count).